The van der Waals surface area contributed by atoms with E-state index in [0.717, 1.165) is 0 Å². The van der Waals surface area contributed by atoms with Crippen molar-refractivity contribution in [2.45, 2.75) is 44.1 Å². The molecule has 18 heavy (non-hydrogen) atoms. The van der Waals surface area contributed by atoms with Crippen LogP contribution in [0.1, 0.15) is 38.5 Å². The normalized spacial score (nSPS) is 16.1. The van der Waals surface area contributed by atoms with E-state index in [9.17, 15) is 14.4 Å². The number of rotatable bonds is 6. The molecule has 1 heterocycles. The van der Waals surface area contributed by atoms with E-state index in [1.165, 1.54) is 0 Å². The molecule has 0 radical (unpaired) electrons. The summed E-state index contributed by atoms with van der Waals surface area (Å²) in [5.41, 5.74) is -0.631. The Morgan fingerprint density at radius 1 is 1.11 bits per heavy atom. The number of hydrogen-bond acceptors (Lipinski definition) is 3. The van der Waals surface area contributed by atoms with Gasteiger partial charge in [0.15, 0.2) is 0 Å². The Hall–Kier alpha value is 0.410. The van der Waals surface area contributed by atoms with Crippen LogP contribution in [-0.4, -0.2) is 92.7 Å². The predicted octanol–water partition coefficient (Wildman–Crippen LogP) is -0.932. The van der Waals surface area contributed by atoms with Gasteiger partial charge in [-0.05, 0) is 19.3 Å². The zero-order valence-electron chi connectivity index (χ0n) is 8.86. The molecule has 1 aliphatic heterocycles. The van der Waals surface area contributed by atoms with Gasteiger partial charge in [-0.25, -0.2) is 0 Å². The number of carbonyl (C=O) groups excluding carboxylic acids is 1. The first-order chi connectivity index (χ1) is 7.43. The predicted molar refractivity (Wildman–Crippen MR) is 68.1 cm³/mol. The third kappa shape index (κ3) is 7.11. The molecule has 1 saturated heterocycles. The van der Waals surface area contributed by atoms with Crippen molar-refractivity contribution in [3.63, 3.8) is 0 Å². The molecular formula is C10H17NNa2O5. The Morgan fingerprint density at radius 2 is 1.56 bits per heavy atom. The zero-order valence-corrected chi connectivity index (χ0v) is 8.86. The Bertz CT molecular complexity index is 303. The first kappa shape index (κ1) is 20.7. The molecule has 0 bridgehead atoms. The third-order valence-corrected chi connectivity index (χ3v) is 2.87. The van der Waals surface area contributed by atoms with Crippen LogP contribution >= 0.6 is 0 Å². The number of aliphatic carboxylic acids is 2. The maximum atomic E-state index is 11.1. The average Bonchev–Trinajstić information content (AvgIpc) is 2.55. The van der Waals surface area contributed by atoms with E-state index in [2.05, 4.69) is 5.32 Å². The number of nitrogens with one attached hydrogen (secondary N) is 1. The van der Waals surface area contributed by atoms with E-state index in [4.69, 9.17) is 10.2 Å². The van der Waals surface area contributed by atoms with Crippen LogP contribution in [0.25, 0.3) is 0 Å². The van der Waals surface area contributed by atoms with Gasteiger partial charge in [-0.15, -0.1) is 0 Å². The molecule has 0 aromatic rings. The van der Waals surface area contributed by atoms with Gasteiger partial charge in [-0.1, -0.05) is 0 Å². The molecular weight excluding hydrogens is 260 g/mol. The van der Waals surface area contributed by atoms with Crippen LogP contribution in [0.4, 0.5) is 0 Å². The summed E-state index contributed by atoms with van der Waals surface area (Å²) < 4.78 is 0. The molecule has 0 saturated carbocycles. The number of hydrogen-bond donors (Lipinski definition) is 3. The van der Waals surface area contributed by atoms with Gasteiger partial charge in [0.1, 0.15) is 0 Å². The first-order valence-corrected chi connectivity index (χ1v) is 5.18. The number of carbonyl (C=O) groups is 3. The van der Waals surface area contributed by atoms with Crippen molar-refractivity contribution in [1.29, 1.82) is 0 Å². The second-order valence-electron chi connectivity index (χ2n) is 4.12. The number of amides is 1. The van der Waals surface area contributed by atoms with Crippen LogP contribution in [0.15, 0.2) is 0 Å². The van der Waals surface area contributed by atoms with Gasteiger partial charge >= 0.3 is 71.1 Å². The van der Waals surface area contributed by atoms with Crippen molar-refractivity contribution in [1.82, 2.24) is 5.32 Å². The Labute approximate surface area is 149 Å². The van der Waals surface area contributed by atoms with Crippen molar-refractivity contribution in [2.75, 3.05) is 0 Å². The fourth-order valence-corrected chi connectivity index (χ4v) is 1.97. The van der Waals surface area contributed by atoms with Gasteiger partial charge in [0.05, 0.1) is 0 Å². The number of carboxylic acids is 2. The van der Waals surface area contributed by atoms with Crippen LogP contribution in [0, 0.1) is 0 Å². The van der Waals surface area contributed by atoms with Crippen LogP contribution < -0.4 is 5.32 Å². The maximum absolute atomic E-state index is 11.1. The summed E-state index contributed by atoms with van der Waals surface area (Å²) in [6, 6.07) is 0. The molecule has 1 fully saturated rings. The van der Waals surface area contributed by atoms with Crippen LogP contribution in [0.3, 0.4) is 0 Å². The van der Waals surface area contributed by atoms with Gasteiger partial charge in [0, 0.05) is 24.8 Å². The molecule has 0 unspecified atom stereocenters. The van der Waals surface area contributed by atoms with Gasteiger partial charge in [-0.2, -0.15) is 0 Å². The molecule has 8 heteroatoms. The summed E-state index contributed by atoms with van der Waals surface area (Å²) in [7, 11) is 0. The Kier molecular flexibility index (Phi) is 10.7. The summed E-state index contributed by atoms with van der Waals surface area (Å²) in [6.07, 6.45) is 1.34. The molecule has 0 aromatic heterocycles. The molecule has 3 N–H and O–H groups in total. The second kappa shape index (κ2) is 9.34. The van der Waals surface area contributed by atoms with E-state index < -0.39 is 17.5 Å². The molecule has 1 rings (SSSR count). The molecule has 6 nitrogen and oxygen atoms in total. The molecule has 0 atom stereocenters. The molecule has 0 aromatic carbocycles. The third-order valence-electron chi connectivity index (χ3n) is 2.87. The van der Waals surface area contributed by atoms with Crippen molar-refractivity contribution in [3.8, 4) is 0 Å². The van der Waals surface area contributed by atoms with Gasteiger partial charge < -0.3 is 15.5 Å². The number of carboxylic acid groups (broad SMARTS) is 2. The van der Waals surface area contributed by atoms with Gasteiger partial charge in [0.2, 0.25) is 5.91 Å². The van der Waals surface area contributed by atoms with Gasteiger partial charge in [-0.3, -0.25) is 14.4 Å². The van der Waals surface area contributed by atoms with Crippen molar-refractivity contribution in [2.24, 2.45) is 0 Å². The molecule has 94 valence electrons. The van der Waals surface area contributed by atoms with E-state index in [1.807, 2.05) is 0 Å². The summed E-state index contributed by atoms with van der Waals surface area (Å²) in [5, 5.41) is 19.9. The first-order valence-electron chi connectivity index (χ1n) is 5.18. The van der Waals surface area contributed by atoms with Crippen molar-refractivity contribution >= 4 is 77.0 Å². The SMILES string of the molecule is O=C(O)CCC1(CCC(=O)O)CCC(=O)N1.[NaH].[NaH]. The van der Waals surface area contributed by atoms with Crippen LogP contribution in [0.5, 0.6) is 0 Å². The summed E-state index contributed by atoms with van der Waals surface area (Å²) in [6.45, 7) is 0. The average molecular weight is 277 g/mol. The van der Waals surface area contributed by atoms with Crippen molar-refractivity contribution < 1.29 is 24.6 Å². The quantitative estimate of drug-likeness (QED) is 0.544. The Balaban J connectivity index is 0. The standard InChI is InChI=1S/C10H15NO5.2Na.2H/c12-7-1-4-10(11-7,5-2-8(13)14)6-3-9(15)16;;;;/h1-6H2,(H,11,12)(H,13,14)(H,15,16);;;;. The molecule has 0 aliphatic carbocycles. The topological polar surface area (TPSA) is 104 Å². The minimum absolute atomic E-state index is 0. The zero-order chi connectivity index (χ0) is 12.2. The van der Waals surface area contributed by atoms with Crippen LogP contribution in [0.2, 0.25) is 0 Å². The van der Waals surface area contributed by atoms with Gasteiger partial charge in [0.25, 0.3) is 0 Å². The molecule has 0 spiro atoms. The van der Waals surface area contributed by atoms with Crippen LogP contribution in [-0.2, 0) is 14.4 Å². The summed E-state index contributed by atoms with van der Waals surface area (Å²) >= 11 is 0. The molecule has 1 amide bonds. The second-order valence-corrected chi connectivity index (χ2v) is 4.12. The van der Waals surface area contributed by atoms with E-state index in [-0.39, 0.29) is 77.9 Å². The van der Waals surface area contributed by atoms with E-state index in [0.29, 0.717) is 25.7 Å². The van der Waals surface area contributed by atoms with Crippen molar-refractivity contribution in [3.05, 3.63) is 0 Å². The summed E-state index contributed by atoms with van der Waals surface area (Å²) in [5.74, 6) is -2.00. The van der Waals surface area contributed by atoms with E-state index in [1.54, 1.807) is 0 Å². The monoisotopic (exact) mass is 277 g/mol. The van der Waals surface area contributed by atoms with E-state index >= 15 is 0 Å². The molecule has 1 aliphatic rings. The fraction of sp³-hybridized carbons (Fsp3) is 0.700. The minimum atomic E-state index is -0.934. The Morgan fingerprint density at radius 3 is 1.83 bits per heavy atom. The summed E-state index contributed by atoms with van der Waals surface area (Å²) in [4.78, 5) is 32.1. The fourth-order valence-electron chi connectivity index (χ4n) is 1.97.